The zero-order valence-electron chi connectivity index (χ0n) is 12.2. The molecule has 5 nitrogen and oxygen atoms in total. The number of esters is 1. The van der Waals surface area contributed by atoms with E-state index in [0.29, 0.717) is 22.6 Å². The monoisotopic (exact) mass is 290 g/mol. The van der Waals surface area contributed by atoms with Crippen LogP contribution < -0.4 is 9.47 Å². The summed E-state index contributed by atoms with van der Waals surface area (Å²) in [7, 11) is 2.88. The van der Waals surface area contributed by atoms with Crippen LogP contribution >= 0.6 is 0 Å². The zero-order valence-corrected chi connectivity index (χ0v) is 12.2. The maximum absolute atomic E-state index is 11.9. The molecule has 0 saturated heterocycles. The van der Waals surface area contributed by atoms with Crippen LogP contribution in [0.3, 0.4) is 0 Å². The summed E-state index contributed by atoms with van der Waals surface area (Å²) in [6, 6.07) is 5.39. The third kappa shape index (κ3) is 2.00. The first-order valence-corrected chi connectivity index (χ1v) is 6.90. The molecule has 1 heterocycles. The van der Waals surface area contributed by atoms with Gasteiger partial charge in [0.2, 0.25) is 0 Å². The standard InChI is InChI=1S/C16H18O5/c1-8-7-9(16(18)20-3)12-14(17)13-10(19-2)5-4-6-11(13)21-15(8)12/h4-8,12,14-15,17H,1-3H3/t8-,12-,14+,15+/m0/s1. The Morgan fingerprint density at radius 3 is 2.76 bits per heavy atom. The molecule has 1 aliphatic heterocycles. The van der Waals surface area contributed by atoms with Crippen molar-refractivity contribution in [1.29, 1.82) is 0 Å². The Hall–Kier alpha value is -2.01. The van der Waals surface area contributed by atoms with E-state index in [9.17, 15) is 9.90 Å². The van der Waals surface area contributed by atoms with E-state index in [0.717, 1.165) is 0 Å². The fourth-order valence-electron chi connectivity index (χ4n) is 3.27. The molecule has 21 heavy (non-hydrogen) atoms. The summed E-state index contributed by atoms with van der Waals surface area (Å²) in [5, 5.41) is 10.8. The number of hydrogen-bond acceptors (Lipinski definition) is 5. The van der Waals surface area contributed by atoms with Crippen molar-refractivity contribution >= 4 is 5.97 Å². The van der Waals surface area contributed by atoms with Gasteiger partial charge in [-0.05, 0) is 12.1 Å². The Morgan fingerprint density at radius 2 is 2.10 bits per heavy atom. The van der Waals surface area contributed by atoms with Gasteiger partial charge in [-0.25, -0.2) is 4.79 Å². The average molecular weight is 290 g/mol. The highest BCUT2D eigenvalue weighted by molar-refractivity contribution is 5.90. The van der Waals surface area contributed by atoms with Crippen molar-refractivity contribution in [2.75, 3.05) is 14.2 Å². The maximum Gasteiger partial charge on any atom is 0.333 e. The Kier molecular flexibility index (Phi) is 3.37. The average Bonchev–Trinajstić information content (AvgIpc) is 2.83. The number of carbonyl (C=O) groups excluding carboxylic acids is 1. The molecule has 2 aliphatic rings. The van der Waals surface area contributed by atoms with Crippen molar-refractivity contribution in [3.05, 3.63) is 35.4 Å². The van der Waals surface area contributed by atoms with Gasteiger partial charge >= 0.3 is 5.97 Å². The lowest BCUT2D eigenvalue weighted by Gasteiger charge is -2.36. The van der Waals surface area contributed by atoms with Crippen LogP contribution in [0, 0.1) is 11.8 Å². The van der Waals surface area contributed by atoms with Gasteiger partial charge in [0.1, 0.15) is 17.6 Å². The third-order valence-electron chi connectivity index (χ3n) is 4.24. The van der Waals surface area contributed by atoms with Gasteiger partial charge in [0.25, 0.3) is 0 Å². The minimum absolute atomic E-state index is 0.0260. The molecule has 4 atom stereocenters. The maximum atomic E-state index is 11.9. The molecule has 1 aliphatic carbocycles. The Labute approximate surface area is 123 Å². The summed E-state index contributed by atoms with van der Waals surface area (Å²) < 4.78 is 16.1. The highest BCUT2D eigenvalue weighted by Gasteiger charge is 2.49. The van der Waals surface area contributed by atoms with Crippen molar-refractivity contribution in [2.24, 2.45) is 11.8 Å². The van der Waals surface area contributed by atoms with Crippen molar-refractivity contribution in [3.63, 3.8) is 0 Å². The van der Waals surface area contributed by atoms with Crippen LogP contribution in [0.15, 0.2) is 29.8 Å². The molecule has 5 heteroatoms. The first kappa shape index (κ1) is 13.9. The minimum Gasteiger partial charge on any atom is -0.496 e. The second-order valence-electron chi connectivity index (χ2n) is 5.40. The van der Waals surface area contributed by atoms with E-state index in [1.807, 2.05) is 19.1 Å². The van der Waals surface area contributed by atoms with Gasteiger partial charge < -0.3 is 19.3 Å². The molecule has 1 N–H and O–H groups in total. The number of aliphatic hydroxyl groups is 1. The van der Waals surface area contributed by atoms with E-state index < -0.39 is 18.0 Å². The number of benzene rings is 1. The van der Waals surface area contributed by atoms with Crippen LogP contribution in [0.25, 0.3) is 0 Å². The summed E-state index contributed by atoms with van der Waals surface area (Å²) in [6.07, 6.45) is 0.696. The van der Waals surface area contributed by atoms with E-state index in [-0.39, 0.29) is 12.0 Å². The number of methoxy groups -OCH3 is 2. The zero-order chi connectivity index (χ0) is 15.1. The van der Waals surface area contributed by atoms with Gasteiger partial charge in [-0.2, -0.15) is 0 Å². The van der Waals surface area contributed by atoms with E-state index in [1.54, 1.807) is 19.2 Å². The molecule has 0 bridgehead atoms. The van der Waals surface area contributed by atoms with Crippen LogP contribution in [0.4, 0.5) is 0 Å². The van der Waals surface area contributed by atoms with Gasteiger partial charge in [0, 0.05) is 11.5 Å². The summed E-state index contributed by atoms with van der Waals surface area (Å²) in [4.78, 5) is 11.9. The predicted octanol–water partition coefficient (Wildman–Crippen LogP) is 1.85. The predicted molar refractivity (Wildman–Crippen MR) is 75.1 cm³/mol. The van der Waals surface area contributed by atoms with E-state index in [1.165, 1.54) is 7.11 Å². The lowest BCUT2D eigenvalue weighted by Crippen LogP contribution is -2.38. The minimum atomic E-state index is -0.856. The fourth-order valence-corrected chi connectivity index (χ4v) is 3.27. The second kappa shape index (κ2) is 5.07. The molecule has 3 rings (SSSR count). The molecule has 112 valence electrons. The van der Waals surface area contributed by atoms with Crippen molar-refractivity contribution in [3.8, 4) is 11.5 Å². The van der Waals surface area contributed by atoms with Crippen molar-refractivity contribution in [1.82, 2.24) is 0 Å². The number of rotatable bonds is 2. The molecular formula is C16H18O5. The molecule has 0 fully saturated rings. The summed E-state index contributed by atoms with van der Waals surface area (Å²) in [5.74, 6) is 0.335. The van der Waals surface area contributed by atoms with Crippen LogP contribution in [-0.4, -0.2) is 31.4 Å². The lowest BCUT2D eigenvalue weighted by atomic mass is 9.84. The molecule has 1 aromatic rings. The smallest absolute Gasteiger partial charge is 0.333 e. The molecule has 0 spiro atoms. The van der Waals surface area contributed by atoms with Gasteiger partial charge in [-0.15, -0.1) is 0 Å². The number of carbonyl (C=O) groups is 1. The molecule has 0 unspecified atom stereocenters. The van der Waals surface area contributed by atoms with E-state index in [2.05, 4.69) is 0 Å². The molecule has 0 radical (unpaired) electrons. The summed E-state index contributed by atoms with van der Waals surface area (Å²) in [6.45, 7) is 1.96. The number of hydrogen-bond donors (Lipinski definition) is 1. The highest BCUT2D eigenvalue weighted by Crippen LogP contribution is 2.50. The number of fused-ring (bicyclic) bond motifs is 2. The molecule has 0 amide bonds. The van der Waals surface area contributed by atoms with Crippen molar-refractivity contribution in [2.45, 2.75) is 19.1 Å². The van der Waals surface area contributed by atoms with Gasteiger partial charge in [0.15, 0.2) is 0 Å². The number of aliphatic hydroxyl groups excluding tert-OH is 1. The van der Waals surface area contributed by atoms with E-state index >= 15 is 0 Å². The Bertz CT molecular complexity index is 607. The topological polar surface area (TPSA) is 65.0 Å². The largest absolute Gasteiger partial charge is 0.496 e. The van der Waals surface area contributed by atoms with Crippen LogP contribution in [0.1, 0.15) is 18.6 Å². The summed E-state index contributed by atoms with van der Waals surface area (Å²) >= 11 is 0. The lowest BCUT2D eigenvalue weighted by molar-refractivity contribution is -0.137. The van der Waals surface area contributed by atoms with Gasteiger partial charge in [-0.3, -0.25) is 0 Å². The van der Waals surface area contributed by atoms with Crippen molar-refractivity contribution < 1.29 is 24.1 Å². The second-order valence-corrected chi connectivity index (χ2v) is 5.40. The fraction of sp³-hybridized carbons (Fsp3) is 0.438. The van der Waals surface area contributed by atoms with Crippen LogP contribution in [-0.2, 0) is 9.53 Å². The van der Waals surface area contributed by atoms with Crippen LogP contribution in [0.5, 0.6) is 11.5 Å². The third-order valence-corrected chi connectivity index (χ3v) is 4.24. The molecule has 0 aromatic heterocycles. The highest BCUT2D eigenvalue weighted by atomic mass is 16.5. The normalized spacial score (nSPS) is 29.8. The van der Waals surface area contributed by atoms with Crippen LogP contribution in [0.2, 0.25) is 0 Å². The molecular weight excluding hydrogens is 272 g/mol. The molecule has 1 aromatic carbocycles. The molecule has 0 saturated carbocycles. The Balaban J connectivity index is 2.07. The SMILES string of the molecule is COC(=O)C1=C[C@H](C)[C@H]2Oc3cccc(OC)c3[C@H](O)[C@H]12. The Morgan fingerprint density at radius 1 is 1.33 bits per heavy atom. The number of ether oxygens (including phenoxy) is 3. The quantitative estimate of drug-likeness (QED) is 0.842. The summed E-state index contributed by atoms with van der Waals surface area (Å²) in [5.41, 5.74) is 1.06. The van der Waals surface area contributed by atoms with Gasteiger partial charge in [0.05, 0.1) is 31.8 Å². The van der Waals surface area contributed by atoms with E-state index in [4.69, 9.17) is 14.2 Å². The first-order valence-electron chi connectivity index (χ1n) is 6.90. The first-order chi connectivity index (χ1) is 10.1. The van der Waals surface area contributed by atoms with Gasteiger partial charge in [-0.1, -0.05) is 19.1 Å².